The molecule has 108 valence electrons. The van der Waals surface area contributed by atoms with E-state index in [0.29, 0.717) is 4.90 Å². The number of benzene rings is 1. The first-order valence-electron chi connectivity index (χ1n) is 5.46. The van der Waals surface area contributed by atoms with Crippen molar-refractivity contribution in [3.05, 3.63) is 39.9 Å². The number of aromatic nitrogens is 2. The molecule has 10 heteroatoms. The van der Waals surface area contributed by atoms with E-state index in [1.807, 2.05) is 0 Å². The maximum atomic E-state index is 11.1. The SMILES string of the molecule is Nc1cc(N)nc(Sc2ccc([N+](=O)[O-])c(C(=O)O)c2)n1. The Hall–Kier alpha value is -2.88. The van der Waals surface area contributed by atoms with Gasteiger partial charge in [-0.2, -0.15) is 0 Å². The number of nitrogens with zero attached hydrogens (tertiary/aromatic N) is 3. The third kappa shape index (κ3) is 3.36. The van der Waals surface area contributed by atoms with Gasteiger partial charge >= 0.3 is 5.97 Å². The first-order valence-corrected chi connectivity index (χ1v) is 6.28. The predicted octanol–water partition coefficient (Wildman–Crippen LogP) is 1.40. The standard InChI is InChI=1S/C11H9N5O4S/c12-8-4-9(13)15-11(14-8)21-5-1-2-7(16(19)20)6(3-5)10(17)18/h1-4H,(H,17,18)(H4,12,13,14,15). The Morgan fingerprint density at radius 1 is 1.24 bits per heavy atom. The van der Waals surface area contributed by atoms with E-state index in [9.17, 15) is 14.9 Å². The summed E-state index contributed by atoms with van der Waals surface area (Å²) in [5.74, 6) is -1.05. The summed E-state index contributed by atoms with van der Waals surface area (Å²) in [6, 6.07) is 5.07. The van der Waals surface area contributed by atoms with E-state index in [1.165, 1.54) is 18.2 Å². The zero-order valence-corrected chi connectivity index (χ0v) is 11.2. The number of carboxylic acids is 1. The number of nitro benzene ring substituents is 1. The molecule has 0 aliphatic carbocycles. The van der Waals surface area contributed by atoms with Crippen LogP contribution in [0, 0.1) is 10.1 Å². The lowest BCUT2D eigenvalue weighted by molar-refractivity contribution is -0.385. The molecule has 0 atom stereocenters. The number of aromatic carboxylic acids is 1. The Morgan fingerprint density at radius 3 is 2.38 bits per heavy atom. The second kappa shape index (κ2) is 5.63. The third-order valence-electron chi connectivity index (χ3n) is 2.35. The fraction of sp³-hybridized carbons (Fsp3) is 0. The van der Waals surface area contributed by atoms with Gasteiger partial charge in [0.25, 0.3) is 5.69 Å². The molecule has 0 aliphatic rings. The summed E-state index contributed by atoms with van der Waals surface area (Å²) >= 11 is 1.000. The molecular formula is C11H9N5O4S. The van der Waals surface area contributed by atoms with Crippen molar-refractivity contribution in [1.29, 1.82) is 0 Å². The van der Waals surface area contributed by atoms with Crippen molar-refractivity contribution in [1.82, 2.24) is 9.97 Å². The van der Waals surface area contributed by atoms with Crippen molar-refractivity contribution in [2.75, 3.05) is 11.5 Å². The number of nitro groups is 1. The monoisotopic (exact) mass is 307 g/mol. The summed E-state index contributed by atoms with van der Waals surface area (Å²) in [5, 5.41) is 20.0. The maximum Gasteiger partial charge on any atom is 0.342 e. The van der Waals surface area contributed by atoms with E-state index < -0.39 is 22.1 Å². The van der Waals surface area contributed by atoms with Gasteiger partial charge in [-0.05, 0) is 23.9 Å². The molecule has 0 spiro atoms. The summed E-state index contributed by atoms with van der Waals surface area (Å²) < 4.78 is 0. The fourth-order valence-electron chi connectivity index (χ4n) is 1.52. The van der Waals surface area contributed by atoms with Gasteiger partial charge in [-0.1, -0.05) is 0 Å². The van der Waals surface area contributed by atoms with Crippen LogP contribution >= 0.6 is 11.8 Å². The Balaban J connectivity index is 2.39. The van der Waals surface area contributed by atoms with Crippen molar-refractivity contribution >= 4 is 35.1 Å². The summed E-state index contributed by atoms with van der Waals surface area (Å²) in [6.45, 7) is 0. The summed E-state index contributed by atoms with van der Waals surface area (Å²) in [5.41, 5.74) is 10.2. The molecule has 2 rings (SSSR count). The van der Waals surface area contributed by atoms with Crippen LogP contribution in [0.4, 0.5) is 17.3 Å². The first-order chi connectivity index (χ1) is 9.86. The Labute approximate surface area is 122 Å². The minimum Gasteiger partial charge on any atom is -0.477 e. The van der Waals surface area contributed by atoms with Crippen LogP contribution in [-0.2, 0) is 0 Å². The lowest BCUT2D eigenvalue weighted by atomic mass is 10.2. The largest absolute Gasteiger partial charge is 0.477 e. The molecule has 9 nitrogen and oxygen atoms in total. The van der Waals surface area contributed by atoms with Gasteiger partial charge in [0.15, 0.2) is 5.16 Å². The van der Waals surface area contributed by atoms with Crippen LogP contribution in [0.1, 0.15) is 10.4 Å². The average Bonchev–Trinajstić information content (AvgIpc) is 2.36. The average molecular weight is 307 g/mol. The van der Waals surface area contributed by atoms with Gasteiger partial charge < -0.3 is 16.6 Å². The molecule has 0 bridgehead atoms. The quantitative estimate of drug-likeness (QED) is 0.431. The maximum absolute atomic E-state index is 11.1. The van der Waals surface area contributed by atoms with Crippen LogP contribution in [0.3, 0.4) is 0 Å². The van der Waals surface area contributed by atoms with Crippen LogP contribution in [0.15, 0.2) is 34.3 Å². The summed E-state index contributed by atoms with van der Waals surface area (Å²) in [4.78, 5) is 29.3. The van der Waals surface area contributed by atoms with Crippen molar-refractivity contribution in [3.63, 3.8) is 0 Å². The molecule has 1 aromatic heterocycles. The summed E-state index contributed by atoms with van der Waals surface area (Å²) in [7, 11) is 0. The lowest BCUT2D eigenvalue weighted by Gasteiger charge is -2.04. The second-order valence-electron chi connectivity index (χ2n) is 3.84. The predicted molar refractivity (Wildman–Crippen MR) is 75.0 cm³/mol. The molecule has 0 saturated carbocycles. The molecule has 0 amide bonds. The lowest BCUT2D eigenvalue weighted by Crippen LogP contribution is -2.03. The van der Waals surface area contributed by atoms with Gasteiger partial charge in [0.1, 0.15) is 17.2 Å². The van der Waals surface area contributed by atoms with Crippen LogP contribution in [0.25, 0.3) is 0 Å². The zero-order valence-electron chi connectivity index (χ0n) is 10.4. The molecule has 5 N–H and O–H groups in total. The van der Waals surface area contributed by atoms with Gasteiger partial charge in [-0.3, -0.25) is 10.1 Å². The highest BCUT2D eigenvalue weighted by molar-refractivity contribution is 7.99. The van der Waals surface area contributed by atoms with Crippen molar-refractivity contribution in [3.8, 4) is 0 Å². The van der Waals surface area contributed by atoms with E-state index in [0.717, 1.165) is 17.8 Å². The van der Waals surface area contributed by atoms with E-state index in [1.54, 1.807) is 0 Å². The Kier molecular flexibility index (Phi) is 3.89. The van der Waals surface area contributed by atoms with E-state index in [2.05, 4.69) is 9.97 Å². The number of nitrogen functional groups attached to an aromatic ring is 2. The highest BCUT2D eigenvalue weighted by atomic mass is 32.2. The van der Waals surface area contributed by atoms with Gasteiger partial charge in [-0.25, -0.2) is 14.8 Å². The highest BCUT2D eigenvalue weighted by Crippen LogP contribution is 2.30. The van der Waals surface area contributed by atoms with Gasteiger partial charge in [0.2, 0.25) is 0 Å². The van der Waals surface area contributed by atoms with Crippen molar-refractivity contribution in [2.24, 2.45) is 0 Å². The van der Waals surface area contributed by atoms with Crippen LogP contribution in [-0.4, -0.2) is 26.0 Å². The topological polar surface area (TPSA) is 158 Å². The second-order valence-corrected chi connectivity index (χ2v) is 4.88. The fourth-order valence-corrected chi connectivity index (χ4v) is 2.35. The van der Waals surface area contributed by atoms with Crippen molar-refractivity contribution < 1.29 is 14.8 Å². The Bertz CT molecular complexity index is 716. The molecule has 21 heavy (non-hydrogen) atoms. The minimum atomic E-state index is -1.39. The van der Waals surface area contributed by atoms with Crippen LogP contribution < -0.4 is 11.5 Å². The number of carbonyl (C=O) groups is 1. The first kappa shape index (κ1) is 14.5. The van der Waals surface area contributed by atoms with Gasteiger partial charge in [0.05, 0.1) is 4.92 Å². The summed E-state index contributed by atoms with van der Waals surface area (Å²) in [6.07, 6.45) is 0. The van der Waals surface area contributed by atoms with E-state index >= 15 is 0 Å². The van der Waals surface area contributed by atoms with E-state index in [4.69, 9.17) is 16.6 Å². The molecule has 0 radical (unpaired) electrons. The van der Waals surface area contributed by atoms with Crippen molar-refractivity contribution in [2.45, 2.75) is 10.1 Å². The Morgan fingerprint density at radius 2 is 1.86 bits per heavy atom. The van der Waals surface area contributed by atoms with Gasteiger partial charge in [0, 0.05) is 17.0 Å². The van der Waals surface area contributed by atoms with E-state index in [-0.39, 0.29) is 16.8 Å². The normalized spacial score (nSPS) is 10.3. The number of nitrogens with two attached hydrogens (primary N) is 2. The van der Waals surface area contributed by atoms with Crippen LogP contribution in [0.5, 0.6) is 0 Å². The molecule has 0 fully saturated rings. The minimum absolute atomic E-state index is 0.172. The molecule has 2 aromatic rings. The third-order valence-corrected chi connectivity index (χ3v) is 3.20. The highest BCUT2D eigenvalue weighted by Gasteiger charge is 2.20. The molecule has 1 heterocycles. The molecule has 0 saturated heterocycles. The smallest absolute Gasteiger partial charge is 0.342 e. The molecule has 0 aliphatic heterocycles. The van der Waals surface area contributed by atoms with Crippen LogP contribution in [0.2, 0.25) is 0 Å². The number of rotatable bonds is 4. The molecule has 0 unspecified atom stereocenters. The number of hydrogen-bond donors (Lipinski definition) is 3. The van der Waals surface area contributed by atoms with Gasteiger partial charge in [-0.15, -0.1) is 0 Å². The number of hydrogen-bond acceptors (Lipinski definition) is 8. The number of carboxylic acid groups (broad SMARTS) is 1. The number of anilines is 2. The molecular weight excluding hydrogens is 298 g/mol. The zero-order chi connectivity index (χ0) is 15.6. The molecule has 1 aromatic carbocycles.